The van der Waals surface area contributed by atoms with Gasteiger partial charge in [0.25, 0.3) is 0 Å². The number of nitrogens with one attached hydrogen (secondary N) is 1. The van der Waals surface area contributed by atoms with Crippen LogP contribution in [0.3, 0.4) is 0 Å². The minimum Gasteiger partial charge on any atom is -0.373 e. The molecule has 1 atom stereocenters. The lowest BCUT2D eigenvalue weighted by Crippen LogP contribution is -2.47. The van der Waals surface area contributed by atoms with Gasteiger partial charge in [-0.15, -0.1) is 0 Å². The molecule has 1 unspecified atom stereocenters. The van der Waals surface area contributed by atoms with E-state index >= 15 is 0 Å². The molecule has 1 heterocycles. The fourth-order valence-electron chi connectivity index (χ4n) is 2.26. The quantitative estimate of drug-likeness (QED) is 0.872. The minimum atomic E-state index is -0.181. The largest absolute Gasteiger partial charge is 0.373 e. The zero-order chi connectivity index (χ0) is 12.3. The van der Waals surface area contributed by atoms with Gasteiger partial charge in [-0.2, -0.15) is 0 Å². The van der Waals surface area contributed by atoms with Gasteiger partial charge >= 0.3 is 0 Å². The molecule has 1 fully saturated rings. The van der Waals surface area contributed by atoms with Gasteiger partial charge in [0, 0.05) is 17.5 Å². The maximum Gasteiger partial charge on any atom is 0.128 e. The standard InChI is InChI=1S/C14H20FNO/c1-14(2)10-16-8-7-13(14)17-9-11-5-3-4-6-12(11)15/h3-6,13,16H,7-10H2,1-2H3. The molecule has 1 aliphatic heterocycles. The number of piperidine rings is 1. The molecule has 0 aliphatic carbocycles. The van der Waals surface area contributed by atoms with E-state index in [2.05, 4.69) is 19.2 Å². The van der Waals surface area contributed by atoms with Crippen molar-refractivity contribution in [3.05, 3.63) is 35.6 Å². The Hall–Kier alpha value is -0.930. The highest BCUT2D eigenvalue weighted by molar-refractivity contribution is 5.16. The molecular formula is C14H20FNO. The number of hydrogen-bond donors (Lipinski definition) is 1. The molecule has 1 aromatic carbocycles. The van der Waals surface area contributed by atoms with Gasteiger partial charge in [-0.3, -0.25) is 0 Å². The summed E-state index contributed by atoms with van der Waals surface area (Å²) in [6.45, 7) is 6.66. The molecule has 0 spiro atoms. The predicted octanol–water partition coefficient (Wildman–Crippen LogP) is 2.73. The number of rotatable bonds is 3. The van der Waals surface area contributed by atoms with Gasteiger partial charge in [-0.25, -0.2) is 4.39 Å². The van der Waals surface area contributed by atoms with E-state index in [0.29, 0.717) is 12.2 Å². The molecule has 1 aromatic rings. The van der Waals surface area contributed by atoms with E-state index in [4.69, 9.17) is 4.74 Å². The van der Waals surface area contributed by atoms with Crippen LogP contribution in [0.2, 0.25) is 0 Å². The zero-order valence-corrected chi connectivity index (χ0v) is 10.5. The summed E-state index contributed by atoms with van der Waals surface area (Å²) >= 11 is 0. The number of halogens is 1. The first-order valence-corrected chi connectivity index (χ1v) is 6.15. The third kappa shape index (κ3) is 3.05. The second kappa shape index (κ2) is 5.15. The lowest BCUT2D eigenvalue weighted by Gasteiger charge is -2.38. The van der Waals surface area contributed by atoms with E-state index < -0.39 is 0 Å². The van der Waals surface area contributed by atoms with Crippen molar-refractivity contribution in [2.45, 2.75) is 33.0 Å². The summed E-state index contributed by atoms with van der Waals surface area (Å²) in [6.07, 6.45) is 1.19. The minimum absolute atomic E-state index is 0.115. The van der Waals surface area contributed by atoms with Crippen LogP contribution in [-0.2, 0) is 11.3 Å². The molecule has 17 heavy (non-hydrogen) atoms. The molecule has 1 aliphatic rings. The van der Waals surface area contributed by atoms with E-state index in [1.807, 2.05) is 6.07 Å². The summed E-state index contributed by atoms with van der Waals surface area (Å²) in [5, 5.41) is 3.36. The normalized spacial score (nSPS) is 23.6. The summed E-state index contributed by atoms with van der Waals surface area (Å²) in [4.78, 5) is 0. The SMILES string of the molecule is CC1(C)CNCCC1OCc1ccccc1F. The maximum absolute atomic E-state index is 13.4. The Bertz CT molecular complexity index is 378. The Balaban J connectivity index is 1.96. The molecule has 94 valence electrons. The molecule has 3 heteroatoms. The third-order valence-corrected chi connectivity index (χ3v) is 3.43. The second-order valence-electron chi connectivity index (χ2n) is 5.35. The topological polar surface area (TPSA) is 21.3 Å². The number of ether oxygens (including phenoxy) is 1. The van der Waals surface area contributed by atoms with Crippen LogP contribution in [-0.4, -0.2) is 19.2 Å². The molecule has 0 radical (unpaired) electrons. The molecule has 0 amide bonds. The highest BCUT2D eigenvalue weighted by Gasteiger charge is 2.32. The highest BCUT2D eigenvalue weighted by atomic mass is 19.1. The van der Waals surface area contributed by atoms with Gasteiger partial charge in [0.2, 0.25) is 0 Å². The predicted molar refractivity (Wildman–Crippen MR) is 66.2 cm³/mol. The second-order valence-corrected chi connectivity index (χ2v) is 5.35. The van der Waals surface area contributed by atoms with Crippen LogP contribution in [0.5, 0.6) is 0 Å². The van der Waals surface area contributed by atoms with E-state index in [0.717, 1.165) is 19.5 Å². The Morgan fingerprint density at radius 3 is 2.88 bits per heavy atom. The van der Waals surface area contributed by atoms with Crippen LogP contribution in [0, 0.1) is 11.2 Å². The zero-order valence-electron chi connectivity index (χ0n) is 10.5. The number of benzene rings is 1. The van der Waals surface area contributed by atoms with Crippen molar-refractivity contribution in [2.75, 3.05) is 13.1 Å². The first-order chi connectivity index (χ1) is 8.09. The van der Waals surface area contributed by atoms with Crippen LogP contribution in [0.15, 0.2) is 24.3 Å². The first kappa shape index (κ1) is 12.5. The molecular weight excluding hydrogens is 217 g/mol. The lowest BCUT2D eigenvalue weighted by atomic mass is 9.82. The summed E-state index contributed by atoms with van der Waals surface area (Å²) in [7, 11) is 0. The molecule has 0 aromatic heterocycles. The average Bonchev–Trinajstić information content (AvgIpc) is 2.29. The number of hydrogen-bond acceptors (Lipinski definition) is 2. The molecule has 1 N–H and O–H groups in total. The fourth-order valence-corrected chi connectivity index (χ4v) is 2.26. The van der Waals surface area contributed by atoms with Crippen molar-refractivity contribution in [1.82, 2.24) is 5.32 Å². The van der Waals surface area contributed by atoms with Crippen molar-refractivity contribution in [3.8, 4) is 0 Å². The maximum atomic E-state index is 13.4. The molecule has 0 bridgehead atoms. The summed E-state index contributed by atoms with van der Waals surface area (Å²) in [6, 6.07) is 6.80. The Labute approximate surface area is 102 Å². The van der Waals surface area contributed by atoms with Crippen molar-refractivity contribution in [3.63, 3.8) is 0 Å². The summed E-state index contributed by atoms with van der Waals surface area (Å²) in [5.74, 6) is -0.181. The van der Waals surface area contributed by atoms with Gasteiger partial charge in [-0.1, -0.05) is 32.0 Å². The van der Waals surface area contributed by atoms with Crippen molar-refractivity contribution < 1.29 is 9.13 Å². The van der Waals surface area contributed by atoms with Gasteiger partial charge in [-0.05, 0) is 19.0 Å². The highest BCUT2D eigenvalue weighted by Crippen LogP contribution is 2.28. The molecule has 1 saturated heterocycles. The van der Waals surface area contributed by atoms with Crippen LogP contribution in [0.1, 0.15) is 25.8 Å². The van der Waals surface area contributed by atoms with Crippen LogP contribution in [0.4, 0.5) is 4.39 Å². The van der Waals surface area contributed by atoms with Gasteiger partial charge in [0.05, 0.1) is 12.7 Å². The van der Waals surface area contributed by atoms with Crippen LogP contribution in [0.25, 0.3) is 0 Å². The van der Waals surface area contributed by atoms with E-state index in [-0.39, 0.29) is 17.3 Å². The smallest absolute Gasteiger partial charge is 0.128 e. The van der Waals surface area contributed by atoms with E-state index in [1.54, 1.807) is 12.1 Å². The summed E-state index contributed by atoms with van der Waals surface area (Å²) in [5.41, 5.74) is 0.755. The third-order valence-electron chi connectivity index (χ3n) is 3.43. The van der Waals surface area contributed by atoms with Crippen LogP contribution < -0.4 is 5.32 Å². The Morgan fingerprint density at radius 2 is 2.18 bits per heavy atom. The monoisotopic (exact) mass is 237 g/mol. The van der Waals surface area contributed by atoms with Crippen LogP contribution >= 0.6 is 0 Å². The van der Waals surface area contributed by atoms with E-state index in [9.17, 15) is 4.39 Å². The lowest BCUT2D eigenvalue weighted by molar-refractivity contribution is -0.0527. The van der Waals surface area contributed by atoms with Gasteiger partial charge < -0.3 is 10.1 Å². The Morgan fingerprint density at radius 1 is 1.41 bits per heavy atom. The first-order valence-electron chi connectivity index (χ1n) is 6.15. The molecule has 0 saturated carbocycles. The van der Waals surface area contributed by atoms with Crippen molar-refractivity contribution >= 4 is 0 Å². The fraction of sp³-hybridized carbons (Fsp3) is 0.571. The molecule has 2 rings (SSSR count). The summed E-state index contributed by atoms with van der Waals surface area (Å²) < 4.78 is 19.3. The van der Waals surface area contributed by atoms with Gasteiger partial charge in [0.15, 0.2) is 0 Å². The van der Waals surface area contributed by atoms with E-state index in [1.165, 1.54) is 6.07 Å². The van der Waals surface area contributed by atoms with Gasteiger partial charge in [0.1, 0.15) is 5.82 Å². The Kier molecular flexibility index (Phi) is 3.79. The molecule has 2 nitrogen and oxygen atoms in total. The van der Waals surface area contributed by atoms with Crippen molar-refractivity contribution in [2.24, 2.45) is 5.41 Å². The average molecular weight is 237 g/mol. The van der Waals surface area contributed by atoms with Crippen molar-refractivity contribution in [1.29, 1.82) is 0 Å².